The number of nitrogens with zero attached hydrogens (tertiary/aromatic N) is 7. The molecule has 134 valence electrons. The Labute approximate surface area is 154 Å². The zero-order chi connectivity index (χ0) is 19.0. The summed E-state index contributed by atoms with van der Waals surface area (Å²) in [6.07, 6.45) is 1.70. The number of rotatable bonds is 4. The van der Waals surface area contributed by atoms with Crippen LogP contribution in [0.5, 0.6) is 0 Å². The summed E-state index contributed by atoms with van der Waals surface area (Å²) >= 11 is 0. The lowest BCUT2D eigenvalue weighted by Crippen LogP contribution is -2.08. The van der Waals surface area contributed by atoms with E-state index < -0.39 is 0 Å². The highest BCUT2D eigenvalue weighted by molar-refractivity contribution is 5.89. The van der Waals surface area contributed by atoms with E-state index in [0.717, 1.165) is 11.3 Å². The van der Waals surface area contributed by atoms with Crippen LogP contribution in [-0.4, -0.2) is 34.5 Å². The van der Waals surface area contributed by atoms with Gasteiger partial charge in [-0.25, -0.2) is 9.97 Å². The molecule has 0 bridgehead atoms. The smallest absolute Gasteiger partial charge is 0.223 e. The first-order valence-corrected chi connectivity index (χ1v) is 8.35. The number of anilines is 1. The minimum Gasteiger partial charge on any atom is -0.388 e. The van der Waals surface area contributed by atoms with E-state index in [9.17, 15) is 10.4 Å². The van der Waals surface area contributed by atoms with E-state index in [-0.39, 0.29) is 18.4 Å². The zero-order valence-electron chi connectivity index (χ0n) is 14.5. The molecule has 0 aliphatic heterocycles. The Morgan fingerprint density at radius 1 is 1.26 bits per heavy atom. The molecular formula is C18H16N8O. The second-order valence-electron chi connectivity index (χ2n) is 5.84. The van der Waals surface area contributed by atoms with Crippen LogP contribution in [0.3, 0.4) is 0 Å². The molecule has 0 saturated heterocycles. The first kappa shape index (κ1) is 16.7. The third-order valence-corrected chi connectivity index (χ3v) is 4.23. The Balaban J connectivity index is 2.12. The summed E-state index contributed by atoms with van der Waals surface area (Å²) in [6, 6.07) is 11.1. The molecule has 0 aliphatic rings. The number of hydrogen-bond donors (Lipinski definition) is 2. The van der Waals surface area contributed by atoms with Gasteiger partial charge in [-0.15, -0.1) is 5.10 Å². The minimum atomic E-state index is -0.313. The highest BCUT2D eigenvalue weighted by Gasteiger charge is 2.22. The number of benzene rings is 1. The molecule has 9 heteroatoms. The number of hydrogen-bond acceptors (Lipinski definition) is 7. The van der Waals surface area contributed by atoms with Gasteiger partial charge in [0.2, 0.25) is 5.95 Å². The van der Waals surface area contributed by atoms with Crippen molar-refractivity contribution in [1.82, 2.24) is 29.4 Å². The SMILES string of the molecule is CCn1nccc1-c1c(-c2cccc(C#N)c2)nc(N)n2nc(CO)nc12. The van der Waals surface area contributed by atoms with Crippen molar-refractivity contribution in [3.63, 3.8) is 0 Å². The fourth-order valence-corrected chi connectivity index (χ4v) is 3.04. The largest absolute Gasteiger partial charge is 0.388 e. The topological polar surface area (TPSA) is 131 Å². The molecule has 4 rings (SSSR count). The molecular weight excluding hydrogens is 344 g/mol. The summed E-state index contributed by atoms with van der Waals surface area (Å²) in [7, 11) is 0. The molecule has 0 atom stereocenters. The number of aromatic nitrogens is 6. The van der Waals surface area contributed by atoms with Gasteiger partial charge in [-0.2, -0.15) is 14.9 Å². The summed E-state index contributed by atoms with van der Waals surface area (Å²) in [6.45, 7) is 2.32. The van der Waals surface area contributed by atoms with Crippen molar-refractivity contribution in [3.8, 4) is 28.6 Å². The summed E-state index contributed by atoms with van der Waals surface area (Å²) in [4.78, 5) is 8.96. The molecule has 4 aromatic rings. The van der Waals surface area contributed by atoms with Crippen molar-refractivity contribution in [1.29, 1.82) is 5.26 Å². The van der Waals surface area contributed by atoms with Crippen molar-refractivity contribution in [3.05, 3.63) is 47.9 Å². The predicted molar refractivity (Wildman–Crippen MR) is 98.2 cm³/mol. The molecule has 3 aromatic heterocycles. The summed E-state index contributed by atoms with van der Waals surface area (Å²) < 4.78 is 3.23. The molecule has 0 radical (unpaired) electrons. The fourth-order valence-electron chi connectivity index (χ4n) is 3.04. The highest BCUT2D eigenvalue weighted by Crippen LogP contribution is 2.35. The summed E-state index contributed by atoms with van der Waals surface area (Å²) in [5.74, 6) is 0.385. The van der Waals surface area contributed by atoms with Gasteiger partial charge in [0.15, 0.2) is 11.5 Å². The average molecular weight is 360 g/mol. The highest BCUT2D eigenvalue weighted by atomic mass is 16.3. The number of aliphatic hydroxyl groups excluding tert-OH is 1. The van der Waals surface area contributed by atoms with Crippen molar-refractivity contribution >= 4 is 11.6 Å². The van der Waals surface area contributed by atoms with Crippen LogP contribution < -0.4 is 5.73 Å². The molecule has 9 nitrogen and oxygen atoms in total. The monoisotopic (exact) mass is 360 g/mol. The van der Waals surface area contributed by atoms with Gasteiger partial charge in [0, 0.05) is 18.3 Å². The van der Waals surface area contributed by atoms with Crippen LogP contribution in [0.4, 0.5) is 5.95 Å². The molecule has 1 aromatic carbocycles. The molecule has 0 unspecified atom stereocenters. The summed E-state index contributed by atoms with van der Waals surface area (Å²) in [5.41, 5.74) is 9.88. The van der Waals surface area contributed by atoms with Crippen LogP contribution >= 0.6 is 0 Å². The third-order valence-electron chi connectivity index (χ3n) is 4.23. The van der Waals surface area contributed by atoms with Gasteiger partial charge in [-0.1, -0.05) is 12.1 Å². The van der Waals surface area contributed by atoms with Crippen LogP contribution in [-0.2, 0) is 13.2 Å². The van der Waals surface area contributed by atoms with Gasteiger partial charge >= 0.3 is 0 Å². The molecule has 3 heterocycles. The standard InChI is InChI=1S/C18H16N8O/c1-2-25-13(6-7-21-25)15-16(12-5-3-4-11(8-12)9-19)23-18(20)26-17(15)22-14(10-27)24-26/h3-8,27H,2,10H2,1H3,(H2,20,23). The Hall–Kier alpha value is -3.77. The second kappa shape index (κ2) is 6.51. The van der Waals surface area contributed by atoms with E-state index in [1.807, 2.05) is 23.7 Å². The molecule has 27 heavy (non-hydrogen) atoms. The molecule has 0 amide bonds. The van der Waals surface area contributed by atoms with Gasteiger partial charge in [0.25, 0.3) is 0 Å². The number of nitrogens with two attached hydrogens (primary N) is 1. The lowest BCUT2D eigenvalue weighted by Gasteiger charge is -2.13. The van der Waals surface area contributed by atoms with Crippen molar-refractivity contribution in [2.75, 3.05) is 5.73 Å². The number of nitriles is 1. The maximum Gasteiger partial charge on any atom is 0.223 e. The first-order chi connectivity index (χ1) is 13.2. The van der Waals surface area contributed by atoms with Crippen LogP contribution in [0.25, 0.3) is 28.2 Å². The quantitative estimate of drug-likeness (QED) is 0.565. The number of aliphatic hydroxyl groups is 1. The van der Waals surface area contributed by atoms with Gasteiger partial charge in [-0.3, -0.25) is 4.68 Å². The van der Waals surface area contributed by atoms with Crippen LogP contribution in [0.15, 0.2) is 36.5 Å². The Bertz CT molecular complexity index is 1180. The van der Waals surface area contributed by atoms with Gasteiger partial charge in [-0.05, 0) is 25.1 Å². The predicted octanol–water partition coefficient (Wildman–Crippen LogP) is 1.62. The van der Waals surface area contributed by atoms with Crippen LogP contribution in [0, 0.1) is 11.3 Å². The number of nitrogen functional groups attached to an aromatic ring is 1. The Morgan fingerprint density at radius 3 is 2.85 bits per heavy atom. The maximum absolute atomic E-state index is 9.45. The van der Waals surface area contributed by atoms with Gasteiger partial charge < -0.3 is 10.8 Å². The second-order valence-corrected chi connectivity index (χ2v) is 5.84. The molecule has 0 aliphatic carbocycles. The van der Waals surface area contributed by atoms with E-state index >= 15 is 0 Å². The molecule has 0 spiro atoms. The number of fused-ring (bicyclic) bond motifs is 1. The normalized spacial score (nSPS) is 11.0. The van der Waals surface area contributed by atoms with Crippen LogP contribution in [0.1, 0.15) is 18.3 Å². The minimum absolute atomic E-state index is 0.140. The first-order valence-electron chi connectivity index (χ1n) is 8.35. The Morgan fingerprint density at radius 2 is 2.11 bits per heavy atom. The fraction of sp³-hybridized carbons (Fsp3) is 0.167. The lowest BCUT2D eigenvalue weighted by atomic mass is 10.0. The zero-order valence-corrected chi connectivity index (χ0v) is 14.5. The van der Waals surface area contributed by atoms with Gasteiger partial charge in [0.1, 0.15) is 6.61 Å². The number of aryl methyl sites for hydroxylation is 1. The van der Waals surface area contributed by atoms with E-state index in [2.05, 4.69) is 26.2 Å². The molecule has 0 fully saturated rings. The van der Waals surface area contributed by atoms with Gasteiger partial charge in [0.05, 0.1) is 28.6 Å². The third kappa shape index (κ3) is 2.68. The van der Waals surface area contributed by atoms with Crippen LogP contribution in [0.2, 0.25) is 0 Å². The van der Waals surface area contributed by atoms with E-state index in [1.54, 1.807) is 24.4 Å². The van der Waals surface area contributed by atoms with Crippen molar-refractivity contribution in [2.24, 2.45) is 0 Å². The van der Waals surface area contributed by atoms with E-state index in [1.165, 1.54) is 4.52 Å². The Kier molecular flexibility index (Phi) is 4.02. The lowest BCUT2D eigenvalue weighted by molar-refractivity contribution is 0.271. The average Bonchev–Trinajstić information content (AvgIpc) is 3.35. The maximum atomic E-state index is 9.45. The van der Waals surface area contributed by atoms with E-state index in [0.29, 0.717) is 29.0 Å². The molecule has 0 saturated carbocycles. The van der Waals surface area contributed by atoms with Crippen molar-refractivity contribution < 1.29 is 5.11 Å². The van der Waals surface area contributed by atoms with Crippen molar-refractivity contribution in [2.45, 2.75) is 20.1 Å². The van der Waals surface area contributed by atoms with E-state index in [4.69, 9.17) is 5.73 Å². The molecule has 3 N–H and O–H groups in total. The summed E-state index contributed by atoms with van der Waals surface area (Å²) in [5, 5.41) is 27.2.